The molecular weight excluding hydrogens is 367 g/mol. The molecule has 2 rings (SSSR count). The van der Waals surface area contributed by atoms with E-state index in [1.807, 2.05) is 0 Å². The molecule has 1 amide bonds. The van der Waals surface area contributed by atoms with Crippen molar-refractivity contribution in [1.82, 2.24) is 5.32 Å². The highest BCUT2D eigenvalue weighted by molar-refractivity contribution is 6.43. The van der Waals surface area contributed by atoms with Gasteiger partial charge in [-0.05, 0) is 35.7 Å². The number of hydrogen-bond donors (Lipinski definition) is 5. The molecule has 0 aliphatic heterocycles. The van der Waals surface area contributed by atoms with E-state index < -0.39 is 24.9 Å². The average Bonchev–Trinajstić information content (AvgIpc) is 2.68. The molecule has 0 aliphatic carbocycles. The van der Waals surface area contributed by atoms with Crippen molar-refractivity contribution in [3.05, 3.63) is 64.7 Å². The zero-order chi connectivity index (χ0) is 20.7. The van der Waals surface area contributed by atoms with E-state index in [0.29, 0.717) is 0 Å². The largest absolute Gasteiger partial charge is 0.478 e. The predicted octanol–water partition coefficient (Wildman–Crippen LogP) is -0.268. The number of carbonyl (C=O) groups excluding carboxylic acids is 2. The van der Waals surface area contributed by atoms with Gasteiger partial charge < -0.3 is 30.9 Å². The molecule has 1 atom stereocenters. The van der Waals surface area contributed by atoms with Crippen molar-refractivity contribution in [2.24, 2.45) is 5.73 Å². The summed E-state index contributed by atoms with van der Waals surface area (Å²) < 4.78 is 4.78. The summed E-state index contributed by atoms with van der Waals surface area (Å²) in [6, 6.07) is 10.6. The molecule has 0 saturated heterocycles. The molecule has 0 saturated carbocycles. The minimum Gasteiger partial charge on any atom is -0.478 e. The van der Waals surface area contributed by atoms with E-state index in [1.54, 1.807) is 24.3 Å². The van der Waals surface area contributed by atoms with E-state index in [2.05, 4.69) is 5.32 Å². The number of amides is 1. The van der Waals surface area contributed by atoms with Gasteiger partial charge in [0.25, 0.3) is 12.4 Å². The zero-order valence-electron chi connectivity index (χ0n) is 14.7. The summed E-state index contributed by atoms with van der Waals surface area (Å²) in [5.74, 6) is -3.30. The van der Waals surface area contributed by atoms with Crippen molar-refractivity contribution >= 4 is 25.5 Å². The molecule has 0 aromatic heterocycles. The van der Waals surface area contributed by atoms with Gasteiger partial charge in [-0.15, -0.1) is 0 Å². The summed E-state index contributed by atoms with van der Waals surface area (Å²) in [4.78, 5) is 34.5. The van der Waals surface area contributed by atoms with Crippen LogP contribution in [0.4, 0.5) is 0 Å². The first-order chi connectivity index (χ1) is 13.4. The number of ether oxygens (including phenoxy) is 1. The van der Waals surface area contributed by atoms with Gasteiger partial charge in [-0.3, -0.25) is 9.59 Å². The molecule has 146 valence electrons. The van der Waals surface area contributed by atoms with Crippen molar-refractivity contribution in [3.63, 3.8) is 0 Å². The predicted molar refractivity (Wildman–Crippen MR) is 99.6 cm³/mol. The Morgan fingerprint density at radius 3 is 2.54 bits per heavy atom. The number of carboxylic acid groups (broad SMARTS) is 1. The third-order valence-corrected chi connectivity index (χ3v) is 4.03. The van der Waals surface area contributed by atoms with E-state index in [1.165, 1.54) is 18.2 Å². The number of nitrogens with one attached hydrogen (secondary N) is 1. The second-order valence-electron chi connectivity index (χ2n) is 5.92. The van der Waals surface area contributed by atoms with Gasteiger partial charge in [0, 0.05) is 12.1 Å². The Bertz CT molecular complexity index is 873. The van der Waals surface area contributed by atoms with E-state index in [9.17, 15) is 29.5 Å². The molecule has 6 N–H and O–H groups in total. The number of carboxylic acids is 1. The highest BCUT2D eigenvalue weighted by Crippen LogP contribution is 2.25. The first-order valence-corrected chi connectivity index (χ1v) is 8.28. The molecular formula is C18H19BN2O7. The fourth-order valence-corrected chi connectivity index (χ4v) is 2.66. The van der Waals surface area contributed by atoms with Crippen LogP contribution in [-0.2, 0) is 17.8 Å². The Morgan fingerprint density at radius 2 is 1.93 bits per heavy atom. The quantitative estimate of drug-likeness (QED) is 0.291. The standard InChI is InChI=1S/C18H19BN2O7/c20-9-11-3-1-5-13(7-11)17(23)21-15(19(26)27)8-12-4-2-6-14(18(24)25)16(12)28-10-22/h1-7,10,15,26-27H,8-9,20H2,(H,21,23)(H,24,25)/t15-/m0/s1. The van der Waals surface area contributed by atoms with Gasteiger partial charge in [0.1, 0.15) is 11.3 Å². The number of rotatable bonds is 9. The maximum absolute atomic E-state index is 12.4. The van der Waals surface area contributed by atoms with Crippen molar-refractivity contribution in [3.8, 4) is 5.75 Å². The van der Waals surface area contributed by atoms with Gasteiger partial charge in [0.15, 0.2) is 0 Å². The van der Waals surface area contributed by atoms with Gasteiger partial charge in [0.2, 0.25) is 0 Å². The smallest absolute Gasteiger partial charge is 0.475 e. The molecule has 0 spiro atoms. The van der Waals surface area contributed by atoms with Crippen LogP contribution in [0.5, 0.6) is 5.75 Å². The summed E-state index contributed by atoms with van der Waals surface area (Å²) >= 11 is 0. The topological polar surface area (TPSA) is 159 Å². The van der Waals surface area contributed by atoms with Gasteiger partial charge in [-0.1, -0.05) is 24.3 Å². The van der Waals surface area contributed by atoms with Gasteiger partial charge in [-0.25, -0.2) is 4.79 Å². The molecule has 0 radical (unpaired) electrons. The SMILES string of the molecule is NCc1cccc(C(=O)N[C@@H](Cc2cccc(C(=O)O)c2OC=O)B(O)O)c1. The van der Waals surface area contributed by atoms with E-state index >= 15 is 0 Å². The first kappa shape index (κ1) is 21.1. The average molecular weight is 386 g/mol. The van der Waals surface area contributed by atoms with Crippen molar-refractivity contribution in [2.45, 2.75) is 18.9 Å². The number of nitrogens with two attached hydrogens (primary N) is 1. The van der Waals surface area contributed by atoms with Crippen molar-refractivity contribution in [2.75, 3.05) is 0 Å². The summed E-state index contributed by atoms with van der Waals surface area (Å²) in [6.45, 7) is 0.314. The maximum Gasteiger partial charge on any atom is 0.475 e. The monoisotopic (exact) mass is 386 g/mol. The van der Waals surface area contributed by atoms with Gasteiger partial charge in [0.05, 0.1) is 5.94 Å². The lowest BCUT2D eigenvalue weighted by atomic mass is 9.75. The van der Waals surface area contributed by atoms with Gasteiger partial charge in [-0.2, -0.15) is 0 Å². The van der Waals surface area contributed by atoms with Crippen LogP contribution in [0.2, 0.25) is 0 Å². The first-order valence-electron chi connectivity index (χ1n) is 8.28. The van der Waals surface area contributed by atoms with Crippen LogP contribution in [0.3, 0.4) is 0 Å². The van der Waals surface area contributed by atoms with Crippen LogP contribution in [0.25, 0.3) is 0 Å². The highest BCUT2D eigenvalue weighted by Gasteiger charge is 2.28. The van der Waals surface area contributed by atoms with Crippen molar-refractivity contribution < 1.29 is 34.3 Å². The number of aromatic carboxylic acids is 1. The summed E-state index contributed by atoms with van der Waals surface area (Å²) in [6.07, 6.45) is -0.190. The lowest BCUT2D eigenvalue weighted by Crippen LogP contribution is -2.48. The fraction of sp³-hybridized carbons (Fsp3) is 0.167. The Hall–Kier alpha value is -3.21. The third-order valence-electron chi connectivity index (χ3n) is 4.03. The van der Waals surface area contributed by atoms with Crippen LogP contribution in [0, 0.1) is 0 Å². The third kappa shape index (κ3) is 5.16. The number of benzene rings is 2. The van der Waals surface area contributed by atoms with Crippen LogP contribution in [0.15, 0.2) is 42.5 Å². The fourth-order valence-electron chi connectivity index (χ4n) is 2.66. The Balaban J connectivity index is 2.28. The lowest BCUT2D eigenvalue weighted by Gasteiger charge is -2.20. The van der Waals surface area contributed by atoms with E-state index in [-0.39, 0.29) is 41.9 Å². The molecule has 2 aromatic rings. The number of para-hydroxylation sites is 1. The molecule has 28 heavy (non-hydrogen) atoms. The second kappa shape index (κ2) is 9.65. The normalized spacial score (nSPS) is 11.4. The molecule has 2 aromatic carbocycles. The van der Waals surface area contributed by atoms with Crippen LogP contribution < -0.4 is 15.8 Å². The van der Waals surface area contributed by atoms with Crippen LogP contribution in [-0.4, -0.2) is 46.6 Å². The molecule has 0 aliphatic rings. The minimum atomic E-state index is -1.95. The Kier molecular flexibility index (Phi) is 7.27. The molecule has 0 heterocycles. The van der Waals surface area contributed by atoms with Crippen LogP contribution in [0.1, 0.15) is 31.8 Å². The molecule has 9 nitrogen and oxygen atoms in total. The summed E-state index contributed by atoms with van der Waals surface area (Å²) in [5, 5.41) is 31.0. The molecule has 0 fully saturated rings. The second-order valence-corrected chi connectivity index (χ2v) is 5.92. The lowest BCUT2D eigenvalue weighted by molar-refractivity contribution is -0.120. The number of carbonyl (C=O) groups is 3. The molecule has 10 heteroatoms. The van der Waals surface area contributed by atoms with E-state index in [0.717, 1.165) is 5.56 Å². The van der Waals surface area contributed by atoms with Crippen molar-refractivity contribution in [1.29, 1.82) is 0 Å². The maximum atomic E-state index is 12.4. The number of hydrogen-bond acceptors (Lipinski definition) is 7. The highest BCUT2D eigenvalue weighted by atomic mass is 16.5. The Morgan fingerprint density at radius 1 is 1.21 bits per heavy atom. The van der Waals surface area contributed by atoms with Crippen LogP contribution >= 0.6 is 0 Å². The minimum absolute atomic E-state index is 0.0759. The summed E-state index contributed by atoms with van der Waals surface area (Å²) in [7, 11) is -1.95. The molecule has 0 unspecified atom stereocenters. The molecule has 0 bridgehead atoms. The Labute approximate surface area is 160 Å². The zero-order valence-corrected chi connectivity index (χ0v) is 14.7. The van der Waals surface area contributed by atoms with E-state index in [4.69, 9.17) is 10.5 Å². The van der Waals surface area contributed by atoms with Gasteiger partial charge >= 0.3 is 13.1 Å². The summed E-state index contributed by atoms with van der Waals surface area (Å²) in [5.41, 5.74) is 6.50.